The van der Waals surface area contributed by atoms with Gasteiger partial charge in [0.2, 0.25) is 5.88 Å². The monoisotopic (exact) mass is 390 g/mol. The van der Waals surface area contributed by atoms with E-state index in [-0.39, 0.29) is 11.8 Å². The first-order valence-corrected chi connectivity index (χ1v) is 9.11. The van der Waals surface area contributed by atoms with Gasteiger partial charge in [0.05, 0.1) is 44.1 Å². The van der Waals surface area contributed by atoms with E-state index in [0.717, 1.165) is 5.56 Å². The second-order valence-electron chi connectivity index (χ2n) is 6.21. The van der Waals surface area contributed by atoms with E-state index in [9.17, 15) is 10.1 Å². The van der Waals surface area contributed by atoms with Gasteiger partial charge in [-0.15, -0.1) is 0 Å². The van der Waals surface area contributed by atoms with E-state index in [1.54, 1.807) is 13.0 Å². The predicted octanol–water partition coefficient (Wildman–Crippen LogP) is 3.32. The summed E-state index contributed by atoms with van der Waals surface area (Å²) in [4.78, 5) is 14.2. The summed E-state index contributed by atoms with van der Waals surface area (Å²) in [6, 6.07) is 11.5. The van der Waals surface area contributed by atoms with Crippen LogP contribution in [0.1, 0.15) is 18.1 Å². The molecule has 1 heterocycles. The lowest BCUT2D eigenvalue weighted by molar-refractivity contribution is -0.385. The largest absolute Gasteiger partial charge is 0.475 e. The highest BCUT2D eigenvalue weighted by Gasteiger charge is 2.12. The lowest BCUT2D eigenvalue weighted by Gasteiger charge is -2.14. The first kappa shape index (κ1) is 21.7. The summed E-state index contributed by atoms with van der Waals surface area (Å²) in [6.07, 6.45) is 1.04. The summed E-state index contributed by atoms with van der Waals surface area (Å²) in [5, 5.41) is 10.8. The van der Waals surface area contributed by atoms with Crippen molar-refractivity contribution in [1.29, 1.82) is 0 Å². The first-order chi connectivity index (χ1) is 13.6. The molecule has 0 aliphatic rings. The summed E-state index contributed by atoms with van der Waals surface area (Å²) in [5.74, 6) is 0.338. The quantitative estimate of drug-likeness (QED) is 0.294. The molecule has 1 unspecified atom stereocenters. The van der Waals surface area contributed by atoms with Gasteiger partial charge in [-0.25, -0.2) is 4.98 Å². The molecule has 0 aliphatic heterocycles. The number of aryl methyl sites for hydroxylation is 1. The second kappa shape index (κ2) is 12.0. The Labute approximate surface area is 164 Å². The molecule has 8 nitrogen and oxygen atoms in total. The molecule has 0 N–H and O–H groups in total. The molecule has 0 amide bonds. The van der Waals surface area contributed by atoms with E-state index >= 15 is 0 Å². The smallest absolute Gasteiger partial charge is 0.290 e. The van der Waals surface area contributed by atoms with E-state index in [2.05, 4.69) is 4.98 Å². The fourth-order valence-corrected chi connectivity index (χ4v) is 2.34. The van der Waals surface area contributed by atoms with Crippen LogP contribution < -0.4 is 4.74 Å². The number of aromatic nitrogens is 1. The summed E-state index contributed by atoms with van der Waals surface area (Å²) in [5.41, 5.74) is 1.62. The molecule has 1 aromatic heterocycles. The zero-order valence-corrected chi connectivity index (χ0v) is 16.2. The Morgan fingerprint density at radius 2 is 1.82 bits per heavy atom. The number of rotatable bonds is 13. The average Bonchev–Trinajstić information content (AvgIpc) is 2.69. The van der Waals surface area contributed by atoms with Gasteiger partial charge in [0.25, 0.3) is 5.69 Å². The van der Waals surface area contributed by atoms with E-state index in [4.69, 9.17) is 18.9 Å². The van der Waals surface area contributed by atoms with Gasteiger partial charge in [-0.3, -0.25) is 10.1 Å². The standard InChI is InChI=1S/C20H26N2O6/c1-16-12-20(21-13-19(16)22(23)24)28-14-17(2)27-11-10-25-8-9-26-15-18-6-4-3-5-7-18/h3-7,12-13,17H,8-11,14-15H2,1-2H3. The van der Waals surface area contributed by atoms with Gasteiger partial charge in [-0.2, -0.15) is 0 Å². The van der Waals surface area contributed by atoms with Crippen LogP contribution in [0.25, 0.3) is 0 Å². The second-order valence-corrected chi connectivity index (χ2v) is 6.21. The summed E-state index contributed by atoms with van der Waals surface area (Å²) in [6.45, 7) is 6.33. The van der Waals surface area contributed by atoms with Crippen LogP contribution in [0.3, 0.4) is 0 Å². The van der Waals surface area contributed by atoms with Gasteiger partial charge in [0, 0.05) is 11.6 Å². The van der Waals surface area contributed by atoms with Gasteiger partial charge < -0.3 is 18.9 Å². The molecule has 0 spiro atoms. The Morgan fingerprint density at radius 1 is 1.11 bits per heavy atom. The lowest BCUT2D eigenvalue weighted by Crippen LogP contribution is -2.21. The molecule has 2 rings (SSSR count). The molecular weight excluding hydrogens is 364 g/mol. The van der Waals surface area contributed by atoms with Crippen molar-refractivity contribution in [1.82, 2.24) is 4.98 Å². The summed E-state index contributed by atoms with van der Waals surface area (Å²) >= 11 is 0. The average molecular weight is 390 g/mol. The molecule has 0 radical (unpaired) electrons. The van der Waals surface area contributed by atoms with Gasteiger partial charge >= 0.3 is 0 Å². The van der Waals surface area contributed by atoms with Crippen molar-refractivity contribution < 1.29 is 23.9 Å². The van der Waals surface area contributed by atoms with Crippen LogP contribution in [-0.4, -0.2) is 49.0 Å². The fourth-order valence-electron chi connectivity index (χ4n) is 2.34. The molecule has 1 aromatic carbocycles. The maximum atomic E-state index is 10.8. The summed E-state index contributed by atoms with van der Waals surface area (Å²) in [7, 11) is 0. The normalized spacial score (nSPS) is 11.9. The fraction of sp³-hybridized carbons (Fsp3) is 0.450. The van der Waals surface area contributed by atoms with Crippen LogP contribution in [0.4, 0.5) is 5.69 Å². The molecule has 0 aliphatic carbocycles. The number of ether oxygens (including phenoxy) is 4. The predicted molar refractivity (Wildman–Crippen MR) is 103 cm³/mol. The van der Waals surface area contributed by atoms with Crippen molar-refractivity contribution in [3.63, 3.8) is 0 Å². The SMILES string of the molecule is Cc1cc(OCC(C)OCCOCCOCc2ccccc2)ncc1[N+](=O)[O-]. The minimum Gasteiger partial charge on any atom is -0.475 e. The Bertz CT molecular complexity index is 726. The van der Waals surface area contributed by atoms with Crippen molar-refractivity contribution in [3.8, 4) is 5.88 Å². The number of hydrogen-bond acceptors (Lipinski definition) is 7. The summed E-state index contributed by atoms with van der Waals surface area (Å²) < 4.78 is 22.1. The van der Waals surface area contributed by atoms with Crippen molar-refractivity contribution in [2.24, 2.45) is 0 Å². The van der Waals surface area contributed by atoms with E-state index in [1.165, 1.54) is 6.20 Å². The molecule has 1 atom stereocenters. The molecule has 0 bridgehead atoms. The molecule has 2 aromatic rings. The molecule has 28 heavy (non-hydrogen) atoms. The molecule has 8 heteroatoms. The highest BCUT2D eigenvalue weighted by molar-refractivity contribution is 5.39. The highest BCUT2D eigenvalue weighted by Crippen LogP contribution is 2.20. The molecule has 0 fully saturated rings. The van der Waals surface area contributed by atoms with Gasteiger partial charge in [-0.05, 0) is 19.4 Å². The van der Waals surface area contributed by atoms with E-state index < -0.39 is 4.92 Å². The maximum absolute atomic E-state index is 10.8. The van der Waals surface area contributed by atoms with Crippen LogP contribution in [-0.2, 0) is 20.8 Å². The molecule has 0 saturated carbocycles. The molecule has 152 valence electrons. The minimum absolute atomic E-state index is 0.0263. The van der Waals surface area contributed by atoms with Crippen LogP contribution in [0.5, 0.6) is 5.88 Å². The topological polar surface area (TPSA) is 93.0 Å². The van der Waals surface area contributed by atoms with Crippen molar-refractivity contribution >= 4 is 5.69 Å². The molecule has 0 saturated heterocycles. The molecular formula is C20H26N2O6. The third-order valence-corrected chi connectivity index (χ3v) is 3.83. The van der Waals surface area contributed by atoms with Crippen LogP contribution in [0.15, 0.2) is 42.6 Å². The van der Waals surface area contributed by atoms with Crippen molar-refractivity contribution in [2.75, 3.05) is 33.0 Å². The van der Waals surface area contributed by atoms with Crippen molar-refractivity contribution in [2.45, 2.75) is 26.6 Å². The van der Waals surface area contributed by atoms with Crippen molar-refractivity contribution in [3.05, 3.63) is 63.8 Å². The minimum atomic E-state index is -0.468. The highest BCUT2D eigenvalue weighted by atomic mass is 16.6. The van der Waals surface area contributed by atoms with Crippen LogP contribution in [0, 0.1) is 17.0 Å². The first-order valence-electron chi connectivity index (χ1n) is 9.11. The number of nitrogens with zero attached hydrogens (tertiary/aromatic N) is 2. The Hall–Kier alpha value is -2.55. The van der Waals surface area contributed by atoms with Gasteiger partial charge in [-0.1, -0.05) is 30.3 Å². The van der Waals surface area contributed by atoms with Gasteiger partial charge in [0.1, 0.15) is 12.8 Å². The number of nitro groups is 1. The maximum Gasteiger partial charge on any atom is 0.290 e. The Balaban J connectivity index is 1.50. The third-order valence-electron chi connectivity index (χ3n) is 3.83. The number of hydrogen-bond donors (Lipinski definition) is 0. The Kier molecular flexibility index (Phi) is 9.33. The van der Waals surface area contributed by atoms with Gasteiger partial charge in [0.15, 0.2) is 0 Å². The number of pyridine rings is 1. The Morgan fingerprint density at radius 3 is 2.54 bits per heavy atom. The lowest BCUT2D eigenvalue weighted by atomic mass is 10.2. The van der Waals surface area contributed by atoms with Crippen LogP contribution in [0.2, 0.25) is 0 Å². The third kappa shape index (κ3) is 7.99. The zero-order chi connectivity index (χ0) is 20.2. The zero-order valence-electron chi connectivity index (χ0n) is 16.2. The number of benzene rings is 1. The van der Waals surface area contributed by atoms with E-state index in [0.29, 0.717) is 51.1 Å². The van der Waals surface area contributed by atoms with Crippen LogP contribution >= 0.6 is 0 Å². The van der Waals surface area contributed by atoms with E-state index in [1.807, 2.05) is 37.3 Å².